The molecule has 0 aromatic rings. The normalized spacial score (nSPS) is 26.0. The molecule has 1 rings (SSSR count). The molecule has 2 atom stereocenters. The molecule has 1 aliphatic rings. The molecule has 0 radical (unpaired) electrons. The number of nitrogens with zero attached hydrogens (tertiary/aromatic N) is 1. The standard InChI is InChI=1S/C6H13N2OP/c1-2-8-4-3-5(7-10)6(8)9/h5,7H,2-4,10H2,1H3. The summed E-state index contributed by atoms with van der Waals surface area (Å²) in [5.41, 5.74) is 0. The minimum atomic E-state index is 0.0462. The lowest BCUT2D eigenvalue weighted by Gasteiger charge is -2.12. The van der Waals surface area contributed by atoms with Gasteiger partial charge in [-0.1, -0.05) is 9.39 Å². The van der Waals surface area contributed by atoms with Crippen molar-refractivity contribution in [3.63, 3.8) is 0 Å². The van der Waals surface area contributed by atoms with Crippen molar-refractivity contribution < 1.29 is 4.79 Å². The third kappa shape index (κ3) is 1.30. The van der Waals surface area contributed by atoms with E-state index in [1.807, 2.05) is 11.8 Å². The Balaban J connectivity index is 2.49. The van der Waals surface area contributed by atoms with Gasteiger partial charge in [-0.25, -0.2) is 0 Å². The zero-order chi connectivity index (χ0) is 7.56. The zero-order valence-electron chi connectivity index (χ0n) is 6.13. The molecule has 1 aliphatic heterocycles. The third-order valence-corrected chi connectivity index (χ3v) is 2.28. The largest absolute Gasteiger partial charge is 0.342 e. The monoisotopic (exact) mass is 160 g/mol. The Bertz CT molecular complexity index is 126. The predicted molar refractivity (Wildman–Crippen MR) is 43.5 cm³/mol. The Morgan fingerprint density at radius 1 is 1.90 bits per heavy atom. The predicted octanol–water partition coefficient (Wildman–Crippen LogP) is -0.0131. The Kier molecular flexibility index (Phi) is 2.64. The first-order valence-electron chi connectivity index (χ1n) is 3.54. The highest BCUT2D eigenvalue weighted by Crippen LogP contribution is 2.10. The first kappa shape index (κ1) is 7.96. The summed E-state index contributed by atoms with van der Waals surface area (Å²) in [5, 5.41) is 2.90. The van der Waals surface area contributed by atoms with Gasteiger partial charge in [0.2, 0.25) is 5.91 Å². The lowest BCUT2D eigenvalue weighted by molar-refractivity contribution is -0.128. The second kappa shape index (κ2) is 3.31. The van der Waals surface area contributed by atoms with E-state index < -0.39 is 0 Å². The number of nitrogens with one attached hydrogen (secondary N) is 1. The van der Waals surface area contributed by atoms with Crippen LogP contribution < -0.4 is 5.09 Å². The van der Waals surface area contributed by atoms with Gasteiger partial charge in [0, 0.05) is 13.1 Å². The maximum absolute atomic E-state index is 11.2. The van der Waals surface area contributed by atoms with E-state index in [1.165, 1.54) is 0 Å². The summed E-state index contributed by atoms with van der Waals surface area (Å²) in [5.74, 6) is 0.234. The maximum Gasteiger partial charge on any atom is 0.240 e. The van der Waals surface area contributed by atoms with Crippen molar-refractivity contribution in [2.24, 2.45) is 0 Å². The van der Waals surface area contributed by atoms with Crippen molar-refractivity contribution >= 4 is 15.3 Å². The van der Waals surface area contributed by atoms with Crippen molar-refractivity contribution in [3.8, 4) is 0 Å². The number of rotatable bonds is 2. The number of hydrogen-bond acceptors (Lipinski definition) is 2. The molecule has 58 valence electrons. The summed E-state index contributed by atoms with van der Waals surface area (Å²) in [6, 6.07) is 0.0462. The average molecular weight is 160 g/mol. The van der Waals surface area contributed by atoms with Gasteiger partial charge < -0.3 is 4.90 Å². The molecule has 1 saturated heterocycles. The van der Waals surface area contributed by atoms with Gasteiger partial charge in [0.25, 0.3) is 0 Å². The van der Waals surface area contributed by atoms with E-state index in [0.717, 1.165) is 19.5 Å². The lowest BCUT2D eigenvalue weighted by atomic mass is 10.3. The molecule has 0 spiro atoms. The Morgan fingerprint density at radius 2 is 2.60 bits per heavy atom. The molecule has 2 unspecified atom stereocenters. The molecule has 3 nitrogen and oxygen atoms in total. The first-order valence-corrected chi connectivity index (χ1v) is 4.12. The number of carbonyl (C=O) groups is 1. The second-order valence-electron chi connectivity index (χ2n) is 2.43. The van der Waals surface area contributed by atoms with E-state index in [4.69, 9.17) is 0 Å². The SMILES string of the molecule is CCN1CCC(NP)C1=O. The molecule has 0 aromatic carbocycles. The quantitative estimate of drug-likeness (QED) is 0.576. The number of likely N-dealkylation sites (tertiary alicyclic amines) is 1. The molecule has 10 heavy (non-hydrogen) atoms. The number of hydrogen-bond donors (Lipinski definition) is 1. The van der Waals surface area contributed by atoms with Gasteiger partial charge in [0.1, 0.15) is 0 Å². The van der Waals surface area contributed by atoms with E-state index in [2.05, 4.69) is 14.5 Å². The minimum absolute atomic E-state index is 0.0462. The van der Waals surface area contributed by atoms with Gasteiger partial charge in [-0.15, -0.1) is 0 Å². The van der Waals surface area contributed by atoms with Gasteiger partial charge in [-0.3, -0.25) is 9.88 Å². The van der Waals surface area contributed by atoms with Crippen LogP contribution >= 0.6 is 9.39 Å². The molecule has 0 bridgehead atoms. The van der Waals surface area contributed by atoms with E-state index in [1.54, 1.807) is 0 Å². The summed E-state index contributed by atoms with van der Waals surface area (Å²) in [6.07, 6.45) is 0.941. The fraction of sp³-hybridized carbons (Fsp3) is 0.833. The number of amides is 1. The van der Waals surface area contributed by atoms with Crippen molar-refractivity contribution in [3.05, 3.63) is 0 Å². The van der Waals surface area contributed by atoms with E-state index in [0.29, 0.717) is 0 Å². The van der Waals surface area contributed by atoms with Crippen LogP contribution in [0.4, 0.5) is 0 Å². The van der Waals surface area contributed by atoms with Crippen LogP contribution in [0.15, 0.2) is 0 Å². The molecule has 4 heteroatoms. The van der Waals surface area contributed by atoms with Gasteiger partial charge in [-0.2, -0.15) is 0 Å². The second-order valence-corrected chi connectivity index (χ2v) is 2.76. The highest BCUT2D eigenvalue weighted by atomic mass is 31.0. The maximum atomic E-state index is 11.2. The lowest BCUT2D eigenvalue weighted by Crippen LogP contribution is -2.33. The number of carbonyl (C=O) groups excluding carboxylic acids is 1. The molecule has 1 heterocycles. The van der Waals surface area contributed by atoms with Gasteiger partial charge in [0.05, 0.1) is 6.04 Å². The third-order valence-electron chi connectivity index (χ3n) is 1.88. The summed E-state index contributed by atoms with van der Waals surface area (Å²) in [7, 11) is 2.39. The Morgan fingerprint density at radius 3 is 2.90 bits per heavy atom. The molecule has 0 aromatic heterocycles. The van der Waals surface area contributed by atoms with E-state index in [9.17, 15) is 4.79 Å². The Labute approximate surface area is 63.4 Å². The van der Waals surface area contributed by atoms with Crippen LogP contribution in [0.1, 0.15) is 13.3 Å². The van der Waals surface area contributed by atoms with Gasteiger partial charge >= 0.3 is 0 Å². The minimum Gasteiger partial charge on any atom is -0.342 e. The fourth-order valence-electron chi connectivity index (χ4n) is 1.21. The van der Waals surface area contributed by atoms with Crippen molar-refractivity contribution in [2.45, 2.75) is 19.4 Å². The Hall–Kier alpha value is -0.140. The van der Waals surface area contributed by atoms with E-state index >= 15 is 0 Å². The molecule has 1 amide bonds. The van der Waals surface area contributed by atoms with Crippen LogP contribution in [0.3, 0.4) is 0 Å². The van der Waals surface area contributed by atoms with Crippen LogP contribution in [0.5, 0.6) is 0 Å². The van der Waals surface area contributed by atoms with Gasteiger partial charge in [-0.05, 0) is 13.3 Å². The first-order chi connectivity index (χ1) is 4.79. The van der Waals surface area contributed by atoms with Crippen molar-refractivity contribution in [1.29, 1.82) is 0 Å². The average Bonchev–Trinajstić information content (AvgIpc) is 2.30. The van der Waals surface area contributed by atoms with Gasteiger partial charge in [0.15, 0.2) is 0 Å². The van der Waals surface area contributed by atoms with Crippen LogP contribution in [-0.2, 0) is 4.79 Å². The van der Waals surface area contributed by atoms with E-state index in [-0.39, 0.29) is 11.9 Å². The van der Waals surface area contributed by atoms with Crippen LogP contribution in [0.25, 0.3) is 0 Å². The van der Waals surface area contributed by atoms with Crippen LogP contribution in [0, 0.1) is 0 Å². The molecule has 0 saturated carbocycles. The summed E-state index contributed by atoms with van der Waals surface area (Å²) in [4.78, 5) is 13.1. The molecular formula is C6H13N2OP. The molecular weight excluding hydrogens is 147 g/mol. The summed E-state index contributed by atoms with van der Waals surface area (Å²) < 4.78 is 0. The molecule has 0 aliphatic carbocycles. The number of likely N-dealkylation sites (N-methyl/N-ethyl adjacent to an activating group) is 1. The van der Waals surface area contributed by atoms with Crippen LogP contribution in [-0.4, -0.2) is 29.9 Å². The zero-order valence-corrected chi connectivity index (χ0v) is 7.29. The topological polar surface area (TPSA) is 32.3 Å². The smallest absolute Gasteiger partial charge is 0.240 e. The summed E-state index contributed by atoms with van der Waals surface area (Å²) in [6.45, 7) is 3.74. The van der Waals surface area contributed by atoms with Crippen molar-refractivity contribution in [1.82, 2.24) is 9.99 Å². The highest BCUT2D eigenvalue weighted by molar-refractivity contribution is 7.13. The fourth-order valence-corrected chi connectivity index (χ4v) is 1.52. The van der Waals surface area contributed by atoms with Crippen LogP contribution in [0.2, 0.25) is 0 Å². The molecule has 1 N–H and O–H groups in total. The highest BCUT2D eigenvalue weighted by Gasteiger charge is 2.28. The summed E-state index contributed by atoms with van der Waals surface area (Å²) >= 11 is 0. The van der Waals surface area contributed by atoms with Crippen molar-refractivity contribution in [2.75, 3.05) is 13.1 Å². The molecule has 1 fully saturated rings.